The zero-order valence-corrected chi connectivity index (χ0v) is 16.0. The van der Waals surface area contributed by atoms with Crippen LogP contribution in [0.3, 0.4) is 0 Å². The average Bonchev–Trinajstić information content (AvgIpc) is 2.86. The standard InChI is InChI=1S/C18H17Cl2N3O3/c1-18(2)15(24)13-11(7-26-18)21-16-14(17(25)22-23(16)3)12(13)8-4-5-9(19)10(20)6-8/h4-6,12,21H,7H2,1-3H3,(H,22,25). The van der Waals surface area contributed by atoms with Gasteiger partial charge in [-0.15, -0.1) is 0 Å². The smallest absolute Gasteiger partial charge is 0.270 e. The molecule has 2 N–H and O–H groups in total. The quantitative estimate of drug-likeness (QED) is 0.779. The summed E-state index contributed by atoms with van der Waals surface area (Å²) in [6, 6.07) is 5.17. The minimum Gasteiger partial charge on any atom is -0.361 e. The molecule has 0 saturated heterocycles. The number of aromatic nitrogens is 2. The number of carbonyl (C=O) groups excluding carboxylic acids is 1. The number of Topliss-reactive ketones (excluding diaryl/α,β-unsaturated/α-hetero) is 1. The number of anilines is 1. The van der Waals surface area contributed by atoms with E-state index < -0.39 is 11.5 Å². The van der Waals surface area contributed by atoms with Crippen LogP contribution >= 0.6 is 23.2 Å². The molecule has 8 heteroatoms. The van der Waals surface area contributed by atoms with Crippen LogP contribution < -0.4 is 10.9 Å². The van der Waals surface area contributed by atoms with Crippen LogP contribution in [0, 0.1) is 0 Å². The van der Waals surface area contributed by atoms with E-state index in [9.17, 15) is 9.59 Å². The van der Waals surface area contributed by atoms with Gasteiger partial charge in [0.05, 0.1) is 27.9 Å². The van der Waals surface area contributed by atoms with E-state index in [1.54, 1.807) is 43.8 Å². The first-order valence-corrected chi connectivity index (χ1v) is 8.89. The number of hydrogen-bond acceptors (Lipinski definition) is 4. The van der Waals surface area contributed by atoms with Crippen LogP contribution in [0.1, 0.15) is 30.9 Å². The number of nitrogens with one attached hydrogen (secondary N) is 2. The molecule has 4 rings (SSSR count). The van der Waals surface area contributed by atoms with Gasteiger partial charge in [0.15, 0.2) is 5.78 Å². The third kappa shape index (κ3) is 2.44. The highest BCUT2D eigenvalue weighted by molar-refractivity contribution is 6.42. The lowest BCUT2D eigenvalue weighted by atomic mass is 9.76. The highest BCUT2D eigenvalue weighted by Crippen LogP contribution is 2.44. The number of nitrogens with zero attached hydrogens (tertiary/aromatic N) is 1. The zero-order chi connectivity index (χ0) is 18.8. The maximum Gasteiger partial charge on any atom is 0.270 e. The summed E-state index contributed by atoms with van der Waals surface area (Å²) in [5.74, 6) is -0.0891. The first-order chi connectivity index (χ1) is 12.2. The molecule has 0 aliphatic carbocycles. The zero-order valence-electron chi connectivity index (χ0n) is 14.4. The number of rotatable bonds is 1. The fourth-order valence-corrected chi connectivity index (χ4v) is 3.86. The Labute approximate surface area is 159 Å². The Bertz CT molecular complexity index is 1030. The molecule has 0 radical (unpaired) electrons. The number of H-pyrrole nitrogens is 1. The number of hydrogen-bond donors (Lipinski definition) is 2. The fourth-order valence-electron chi connectivity index (χ4n) is 3.55. The van der Waals surface area contributed by atoms with E-state index in [1.165, 1.54) is 0 Å². The van der Waals surface area contributed by atoms with Crippen LogP contribution in [0.2, 0.25) is 10.0 Å². The Morgan fingerprint density at radius 2 is 1.96 bits per heavy atom. The second-order valence-electron chi connectivity index (χ2n) is 7.01. The van der Waals surface area contributed by atoms with Crippen molar-refractivity contribution in [2.24, 2.45) is 7.05 Å². The molecule has 0 saturated carbocycles. The van der Waals surface area contributed by atoms with Crippen molar-refractivity contribution < 1.29 is 9.53 Å². The SMILES string of the molecule is Cn1[nH]c(=O)c2c1NC1=C(C(=O)C(C)(C)OC1)C2c1ccc(Cl)c(Cl)c1. The largest absolute Gasteiger partial charge is 0.361 e. The van der Waals surface area contributed by atoms with E-state index >= 15 is 0 Å². The second-order valence-corrected chi connectivity index (χ2v) is 7.83. The summed E-state index contributed by atoms with van der Waals surface area (Å²) < 4.78 is 7.33. The molecule has 0 fully saturated rings. The van der Waals surface area contributed by atoms with E-state index in [2.05, 4.69) is 10.4 Å². The Balaban J connectivity index is 2.00. The summed E-state index contributed by atoms with van der Waals surface area (Å²) in [7, 11) is 1.74. The Morgan fingerprint density at radius 1 is 1.23 bits per heavy atom. The molecule has 2 aromatic rings. The number of fused-ring (bicyclic) bond motifs is 1. The number of benzene rings is 1. The summed E-state index contributed by atoms with van der Waals surface area (Å²) in [6.45, 7) is 3.72. The van der Waals surface area contributed by atoms with Gasteiger partial charge in [-0.25, -0.2) is 0 Å². The molecule has 0 spiro atoms. The number of aromatic amines is 1. The van der Waals surface area contributed by atoms with Crippen molar-refractivity contribution in [1.29, 1.82) is 0 Å². The molecule has 1 atom stereocenters. The van der Waals surface area contributed by atoms with Gasteiger partial charge < -0.3 is 10.1 Å². The lowest BCUT2D eigenvalue weighted by Crippen LogP contribution is -2.45. The molecule has 3 heterocycles. The Hall–Kier alpha value is -2.02. The van der Waals surface area contributed by atoms with Gasteiger partial charge in [0.1, 0.15) is 11.4 Å². The van der Waals surface area contributed by atoms with Crippen molar-refractivity contribution >= 4 is 34.8 Å². The van der Waals surface area contributed by atoms with E-state index in [-0.39, 0.29) is 17.9 Å². The summed E-state index contributed by atoms with van der Waals surface area (Å²) in [6.07, 6.45) is 0. The van der Waals surface area contributed by atoms with Gasteiger partial charge in [0, 0.05) is 18.5 Å². The maximum atomic E-state index is 13.1. The topological polar surface area (TPSA) is 76.1 Å². The van der Waals surface area contributed by atoms with Crippen LogP contribution in [0.15, 0.2) is 34.3 Å². The van der Waals surface area contributed by atoms with E-state index in [1.807, 2.05) is 0 Å². The molecule has 6 nitrogen and oxygen atoms in total. The highest BCUT2D eigenvalue weighted by atomic mass is 35.5. The molecular weight excluding hydrogens is 377 g/mol. The molecule has 1 unspecified atom stereocenters. The molecule has 2 aliphatic rings. The van der Waals surface area contributed by atoms with Crippen LogP contribution in [-0.4, -0.2) is 27.8 Å². The molecular formula is C18H17Cl2N3O3. The first kappa shape index (κ1) is 17.4. The van der Waals surface area contributed by atoms with Gasteiger partial charge in [-0.05, 0) is 31.5 Å². The van der Waals surface area contributed by atoms with Crippen molar-refractivity contribution in [3.63, 3.8) is 0 Å². The lowest BCUT2D eigenvalue weighted by Gasteiger charge is -2.38. The van der Waals surface area contributed by atoms with Crippen molar-refractivity contribution in [1.82, 2.24) is 9.78 Å². The Kier molecular flexibility index (Phi) is 3.84. The van der Waals surface area contributed by atoms with Gasteiger partial charge in [0.2, 0.25) is 0 Å². The first-order valence-electron chi connectivity index (χ1n) is 8.13. The molecule has 136 valence electrons. The number of aryl methyl sites for hydroxylation is 1. The molecule has 1 aromatic heterocycles. The van der Waals surface area contributed by atoms with Crippen molar-refractivity contribution in [3.8, 4) is 0 Å². The van der Waals surface area contributed by atoms with E-state index in [4.69, 9.17) is 27.9 Å². The monoisotopic (exact) mass is 393 g/mol. The van der Waals surface area contributed by atoms with Gasteiger partial charge in [0.25, 0.3) is 5.56 Å². The number of carbonyl (C=O) groups is 1. The van der Waals surface area contributed by atoms with Crippen molar-refractivity contribution in [2.75, 3.05) is 11.9 Å². The predicted molar refractivity (Wildman–Crippen MR) is 100 cm³/mol. The van der Waals surface area contributed by atoms with E-state index in [0.717, 1.165) is 5.56 Å². The number of halogens is 2. The molecule has 0 amide bonds. The van der Waals surface area contributed by atoms with Gasteiger partial charge in [-0.1, -0.05) is 29.3 Å². The van der Waals surface area contributed by atoms with E-state index in [0.29, 0.717) is 32.7 Å². The summed E-state index contributed by atoms with van der Waals surface area (Å²) in [4.78, 5) is 25.8. The summed E-state index contributed by atoms with van der Waals surface area (Å²) in [5.41, 5.74) is 1.19. The lowest BCUT2D eigenvalue weighted by molar-refractivity contribution is -0.137. The van der Waals surface area contributed by atoms with Crippen LogP contribution in [0.4, 0.5) is 5.82 Å². The third-order valence-electron chi connectivity index (χ3n) is 4.92. The normalized spacial score (nSPS) is 21.3. The molecule has 26 heavy (non-hydrogen) atoms. The molecule has 1 aromatic carbocycles. The minimum absolute atomic E-state index is 0.156. The average molecular weight is 394 g/mol. The number of ether oxygens (including phenoxy) is 1. The number of ketones is 1. The fraction of sp³-hybridized carbons (Fsp3) is 0.333. The van der Waals surface area contributed by atoms with Gasteiger partial charge in [-0.3, -0.25) is 19.4 Å². The van der Waals surface area contributed by atoms with Crippen LogP contribution in [-0.2, 0) is 16.6 Å². The Morgan fingerprint density at radius 3 is 2.65 bits per heavy atom. The minimum atomic E-state index is -0.964. The highest BCUT2D eigenvalue weighted by Gasteiger charge is 2.45. The molecule has 2 aliphatic heterocycles. The molecule has 0 bridgehead atoms. The predicted octanol–water partition coefficient (Wildman–Crippen LogP) is 3.21. The van der Waals surface area contributed by atoms with Gasteiger partial charge >= 0.3 is 0 Å². The maximum absolute atomic E-state index is 13.1. The summed E-state index contributed by atoms with van der Waals surface area (Å²) in [5, 5.41) is 6.73. The summed E-state index contributed by atoms with van der Waals surface area (Å²) >= 11 is 12.3. The van der Waals surface area contributed by atoms with Gasteiger partial charge in [-0.2, -0.15) is 0 Å². The van der Waals surface area contributed by atoms with Crippen molar-refractivity contribution in [3.05, 3.63) is 61.0 Å². The third-order valence-corrected chi connectivity index (χ3v) is 5.66. The second kappa shape index (κ2) is 5.74. The van der Waals surface area contributed by atoms with Crippen LogP contribution in [0.25, 0.3) is 0 Å². The van der Waals surface area contributed by atoms with Crippen LogP contribution in [0.5, 0.6) is 0 Å². The van der Waals surface area contributed by atoms with Crippen molar-refractivity contribution in [2.45, 2.75) is 25.4 Å².